The van der Waals surface area contributed by atoms with Gasteiger partial charge >= 0.3 is 0 Å². The van der Waals surface area contributed by atoms with Crippen molar-refractivity contribution in [2.75, 3.05) is 13.1 Å². The van der Waals surface area contributed by atoms with Crippen molar-refractivity contribution in [2.24, 2.45) is 0 Å². The maximum Gasteiger partial charge on any atom is 0.245 e. The molecule has 19 heavy (non-hydrogen) atoms. The third-order valence-corrected chi connectivity index (χ3v) is 3.94. The van der Waals surface area contributed by atoms with E-state index in [1.54, 1.807) is 4.90 Å². The van der Waals surface area contributed by atoms with Crippen LogP contribution in [-0.2, 0) is 14.3 Å². The Morgan fingerprint density at radius 3 is 2.74 bits per heavy atom. The van der Waals surface area contributed by atoms with Crippen molar-refractivity contribution in [1.82, 2.24) is 10.2 Å². The zero-order valence-corrected chi connectivity index (χ0v) is 12.1. The molecule has 2 atom stereocenters. The Kier molecular flexibility index (Phi) is 4.13. The highest BCUT2D eigenvalue weighted by atomic mass is 16.5. The third kappa shape index (κ3) is 3.47. The highest BCUT2D eigenvalue weighted by Crippen LogP contribution is 2.30. The largest absolute Gasteiger partial charge is 0.371 e. The summed E-state index contributed by atoms with van der Waals surface area (Å²) in [5.41, 5.74) is -0.0855. The van der Waals surface area contributed by atoms with Gasteiger partial charge in [-0.2, -0.15) is 0 Å². The van der Waals surface area contributed by atoms with Crippen LogP contribution >= 0.6 is 0 Å². The van der Waals surface area contributed by atoms with E-state index in [-0.39, 0.29) is 29.6 Å². The number of carbonyl (C=O) groups excluding carboxylic acids is 2. The van der Waals surface area contributed by atoms with Crippen LogP contribution in [0.2, 0.25) is 0 Å². The first-order valence-corrected chi connectivity index (χ1v) is 7.17. The van der Waals surface area contributed by atoms with Crippen LogP contribution in [0.15, 0.2) is 0 Å². The minimum atomic E-state index is -0.371. The molecule has 108 valence electrons. The molecule has 2 aliphatic rings. The molecule has 2 amide bonds. The summed E-state index contributed by atoms with van der Waals surface area (Å²) < 4.78 is 5.94. The van der Waals surface area contributed by atoms with E-state index in [0.29, 0.717) is 25.9 Å². The highest BCUT2D eigenvalue weighted by Gasteiger charge is 2.35. The van der Waals surface area contributed by atoms with Gasteiger partial charge in [-0.3, -0.25) is 9.59 Å². The summed E-state index contributed by atoms with van der Waals surface area (Å²) in [5, 5.41) is 2.78. The number of carbonyl (C=O) groups is 2. The molecule has 2 unspecified atom stereocenters. The lowest BCUT2D eigenvalue weighted by Crippen LogP contribution is -2.46. The van der Waals surface area contributed by atoms with Gasteiger partial charge in [0.25, 0.3) is 0 Å². The van der Waals surface area contributed by atoms with Gasteiger partial charge in [-0.25, -0.2) is 0 Å². The van der Waals surface area contributed by atoms with Gasteiger partial charge in [0.15, 0.2) is 0 Å². The Morgan fingerprint density at radius 1 is 1.42 bits per heavy atom. The quantitative estimate of drug-likeness (QED) is 0.833. The second-order valence-electron chi connectivity index (χ2n) is 6.10. The molecule has 0 saturated carbocycles. The molecule has 2 rings (SSSR count). The number of amides is 2. The van der Waals surface area contributed by atoms with Gasteiger partial charge in [-0.15, -0.1) is 0 Å². The third-order valence-electron chi connectivity index (χ3n) is 3.94. The zero-order chi connectivity index (χ0) is 14.0. The molecular formula is C14H24N2O3. The second kappa shape index (κ2) is 5.49. The summed E-state index contributed by atoms with van der Waals surface area (Å²) in [5.74, 6) is -0.00275. The molecule has 2 aliphatic heterocycles. The number of rotatable bonds is 3. The molecule has 0 spiro atoms. The Labute approximate surface area is 114 Å². The van der Waals surface area contributed by atoms with Gasteiger partial charge in [0.2, 0.25) is 11.8 Å². The van der Waals surface area contributed by atoms with Crippen molar-refractivity contribution in [3.63, 3.8) is 0 Å². The van der Waals surface area contributed by atoms with Crippen molar-refractivity contribution in [3.05, 3.63) is 0 Å². The predicted molar refractivity (Wildman–Crippen MR) is 71.6 cm³/mol. The van der Waals surface area contributed by atoms with E-state index in [4.69, 9.17) is 4.74 Å². The maximum absolute atomic E-state index is 12.3. The first-order chi connectivity index (χ1) is 8.91. The highest BCUT2D eigenvalue weighted by molar-refractivity contribution is 5.89. The molecule has 1 N–H and O–H groups in total. The van der Waals surface area contributed by atoms with E-state index in [1.165, 1.54) is 0 Å². The molecule has 0 radical (unpaired) electrons. The lowest BCUT2D eigenvalue weighted by Gasteiger charge is -2.27. The van der Waals surface area contributed by atoms with E-state index in [0.717, 1.165) is 12.8 Å². The van der Waals surface area contributed by atoms with Crippen molar-refractivity contribution in [1.29, 1.82) is 0 Å². The van der Waals surface area contributed by atoms with Gasteiger partial charge < -0.3 is 15.0 Å². The minimum Gasteiger partial charge on any atom is -0.371 e. The number of nitrogens with one attached hydrogen (secondary N) is 1. The van der Waals surface area contributed by atoms with E-state index in [9.17, 15) is 9.59 Å². The molecule has 5 heteroatoms. The minimum absolute atomic E-state index is 0.0293. The van der Waals surface area contributed by atoms with Crippen LogP contribution in [0, 0.1) is 0 Å². The SMILES string of the molecule is CCC1NC(=O)CCN(CC2CCC(C)(C)O2)C1=O. The van der Waals surface area contributed by atoms with Crippen LogP contribution in [0.1, 0.15) is 46.5 Å². The number of hydrogen-bond donors (Lipinski definition) is 1. The van der Waals surface area contributed by atoms with Gasteiger partial charge in [0.05, 0.1) is 11.7 Å². The topological polar surface area (TPSA) is 58.6 Å². The van der Waals surface area contributed by atoms with E-state index >= 15 is 0 Å². The summed E-state index contributed by atoms with van der Waals surface area (Å²) in [4.78, 5) is 25.7. The Bertz CT molecular complexity index is 368. The molecular weight excluding hydrogens is 244 g/mol. The lowest BCUT2D eigenvalue weighted by molar-refractivity contribution is -0.135. The smallest absolute Gasteiger partial charge is 0.245 e. The Balaban J connectivity index is 1.98. The number of nitrogens with zero attached hydrogens (tertiary/aromatic N) is 1. The maximum atomic E-state index is 12.3. The molecule has 0 aliphatic carbocycles. The summed E-state index contributed by atoms with van der Waals surface area (Å²) >= 11 is 0. The van der Waals surface area contributed by atoms with Gasteiger partial charge in [-0.1, -0.05) is 6.92 Å². The molecule has 5 nitrogen and oxygen atoms in total. The fourth-order valence-corrected chi connectivity index (χ4v) is 2.81. The second-order valence-corrected chi connectivity index (χ2v) is 6.10. The molecule has 2 fully saturated rings. The molecule has 2 saturated heterocycles. The molecule has 0 aromatic rings. The normalized spacial score (nSPS) is 31.2. The molecule has 2 heterocycles. The summed E-state index contributed by atoms with van der Waals surface area (Å²) in [6.07, 6.45) is 3.13. The average molecular weight is 268 g/mol. The standard InChI is InChI=1S/C14H24N2O3/c1-4-11-13(18)16(8-6-12(17)15-11)9-10-5-7-14(2,3)19-10/h10-11H,4-9H2,1-3H3,(H,15,17). The van der Waals surface area contributed by atoms with E-state index < -0.39 is 0 Å². The van der Waals surface area contributed by atoms with E-state index in [1.807, 2.05) is 6.92 Å². The van der Waals surface area contributed by atoms with E-state index in [2.05, 4.69) is 19.2 Å². The summed E-state index contributed by atoms with van der Waals surface area (Å²) in [7, 11) is 0. The fraction of sp³-hybridized carbons (Fsp3) is 0.857. The van der Waals surface area contributed by atoms with Crippen molar-refractivity contribution < 1.29 is 14.3 Å². The predicted octanol–water partition coefficient (Wildman–Crippen LogP) is 1.07. The van der Waals surface area contributed by atoms with Crippen LogP contribution in [0.4, 0.5) is 0 Å². The average Bonchev–Trinajstić information content (AvgIpc) is 2.63. The first-order valence-electron chi connectivity index (χ1n) is 7.17. The Morgan fingerprint density at radius 2 is 2.16 bits per heavy atom. The summed E-state index contributed by atoms with van der Waals surface area (Å²) in [6.45, 7) is 7.19. The fourth-order valence-electron chi connectivity index (χ4n) is 2.81. The van der Waals surface area contributed by atoms with Crippen LogP contribution in [0.3, 0.4) is 0 Å². The van der Waals surface area contributed by atoms with Gasteiger partial charge in [-0.05, 0) is 33.1 Å². The van der Waals surface area contributed by atoms with Crippen LogP contribution in [0.25, 0.3) is 0 Å². The molecule has 0 aromatic carbocycles. The number of hydrogen-bond acceptors (Lipinski definition) is 3. The van der Waals surface area contributed by atoms with Crippen LogP contribution < -0.4 is 5.32 Å². The summed E-state index contributed by atoms with van der Waals surface area (Å²) in [6, 6.07) is -0.371. The van der Waals surface area contributed by atoms with Gasteiger partial charge in [0.1, 0.15) is 6.04 Å². The molecule has 0 aromatic heterocycles. The number of ether oxygens (including phenoxy) is 1. The van der Waals surface area contributed by atoms with Crippen LogP contribution in [-0.4, -0.2) is 47.6 Å². The van der Waals surface area contributed by atoms with Gasteiger partial charge in [0, 0.05) is 19.5 Å². The monoisotopic (exact) mass is 268 g/mol. The molecule has 0 bridgehead atoms. The first kappa shape index (κ1) is 14.3. The van der Waals surface area contributed by atoms with Crippen molar-refractivity contribution in [3.8, 4) is 0 Å². The Hall–Kier alpha value is -1.10. The van der Waals surface area contributed by atoms with Crippen molar-refractivity contribution in [2.45, 2.75) is 64.2 Å². The van der Waals surface area contributed by atoms with Crippen LogP contribution in [0.5, 0.6) is 0 Å². The lowest BCUT2D eigenvalue weighted by atomic mass is 10.1. The van der Waals surface area contributed by atoms with Crippen molar-refractivity contribution >= 4 is 11.8 Å². The zero-order valence-electron chi connectivity index (χ0n) is 12.1.